The molecular formula is C48H41N7O3S. The minimum atomic E-state index is -4.43. The molecule has 0 aliphatic carbocycles. The molecule has 2 aromatic heterocycles. The summed E-state index contributed by atoms with van der Waals surface area (Å²) in [6.45, 7) is 2.89. The minimum Gasteiger partial charge on any atom is -0.351 e. The van der Waals surface area contributed by atoms with Gasteiger partial charge in [0.15, 0.2) is 5.82 Å². The average molecular weight is 796 g/mol. The van der Waals surface area contributed by atoms with E-state index in [1.54, 1.807) is 36.5 Å². The highest BCUT2D eigenvalue weighted by molar-refractivity contribution is 8.06. The molecule has 0 fully saturated rings. The SMILES string of the molecule is CCCN(Cc1ccc(-c2ccccc2-c2nnnn2C(c2ccccc2)(c2ccccc2)c2ccccc2)cc1)c1ncccc1S(=O)(=O)C(=O)Nc1ccccc1. The van der Waals surface area contributed by atoms with Crippen molar-refractivity contribution in [3.05, 3.63) is 210 Å². The van der Waals surface area contributed by atoms with Gasteiger partial charge in [-0.3, -0.25) is 4.79 Å². The topological polar surface area (TPSA) is 123 Å². The van der Waals surface area contributed by atoms with Crippen LogP contribution in [0.2, 0.25) is 0 Å². The number of hydrogen-bond acceptors (Lipinski definition) is 8. The number of benzene rings is 6. The number of pyridine rings is 1. The van der Waals surface area contributed by atoms with Gasteiger partial charge < -0.3 is 10.2 Å². The summed E-state index contributed by atoms with van der Waals surface area (Å²) in [4.78, 5) is 19.4. The largest absolute Gasteiger partial charge is 0.351 e. The van der Waals surface area contributed by atoms with E-state index in [-0.39, 0.29) is 10.7 Å². The monoisotopic (exact) mass is 795 g/mol. The van der Waals surface area contributed by atoms with Crippen LogP contribution in [0.15, 0.2) is 193 Å². The van der Waals surface area contributed by atoms with Crippen molar-refractivity contribution in [2.24, 2.45) is 0 Å². The zero-order valence-corrected chi connectivity index (χ0v) is 33.2. The number of sulfone groups is 1. The van der Waals surface area contributed by atoms with Crippen LogP contribution in [0.1, 0.15) is 35.6 Å². The van der Waals surface area contributed by atoms with Crippen LogP contribution in [0.4, 0.5) is 16.3 Å². The van der Waals surface area contributed by atoms with Crippen LogP contribution in [-0.2, 0) is 21.9 Å². The third kappa shape index (κ3) is 7.63. The molecule has 0 bridgehead atoms. The van der Waals surface area contributed by atoms with E-state index in [9.17, 15) is 13.2 Å². The molecule has 11 heteroatoms. The van der Waals surface area contributed by atoms with Crippen LogP contribution in [0.3, 0.4) is 0 Å². The van der Waals surface area contributed by atoms with Crippen LogP contribution < -0.4 is 10.2 Å². The molecule has 8 aromatic rings. The molecule has 0 aliphatic rings. The first-order valence-electron chi connectivity index (χ1n) is 19.4. The highest BCUT2D eigenvalue weighted by Crippen LogP contribution is 2.43. The highest BCUT2D eigenvalue weighted by Gasteiger charge is 2.42. The first-order valence-corrected chi connectivity index (χ1v) is 20.8. The number of nitrogens with zero attached hydrogens (tertiary/aromatic N) is 6. The Morgan fingerprint density at radius 1 is 0.661 bits per heavy atom. The molecule has 0 unspecified atom stereocenters. The molecule has 0 spiro atoms. The summed E-state index contributed by atoms with van der Waals surface area (Å²) in [5, 5.41) is 15.2. The molecule has 0 saturated carbocycles. The zero-order chi connectivity index (χ0) is 40.7. The summed E-state index contributed by atoms with van der Waals surface area (Å²) in [6.07, 6.45) is 2.27. The lowest BCUT2D eigenvalue weighted by Gasteiger charge is -2.36. The Labute approximate surface area is 343 Å². The van der Waals surface area contributed by atoms with Gasteiger partial charge in [-0.25, -0.2) is 18.1 Å². The number of tetrazole rings is 1. The maximum Gasteiger partial charge on any atom is 0.345 e. The predicted octanol–water partition coefficient (Wildman–Crippen LogP) is 9.66. The van der Waals surface area contributed by atoms with Crippen molar-refractivity contribution >= 4 is 26.6 Å². The summed E-state index contributed by atoms with van der Waals surface area (Å²) >= 11 is 0. The van der Waals surface area contributed by atoms with Crippen LogP contribution >= 0.6 is 0 Å². The van der Waals surface area contributed by atoms with Gasteiger partial charge in [0.2, 0.25) is 0 Å². The summed E-state index contributed by atoms with van der Waals surface area (Å²) in [6, 6.07) is 58.6. The molecule has 0 radical (unpaired) electrons. The van der Waals surface area contributed by atoms with Crippen molar-refractivity contribution in [3.63, 3.8) is 0 Å². The molecule has 292 valence electrons. The van der Waals surface area contributed by atoms with E-state index in [4.69, 9.17) is 10.3 Å². The van der Waals surface area contributed by atoms with Crippen molar-refractivity contribution in [2.45, 2.75) is 30.3 Å². The molecule has 59 heavy (non-hydrogen) atoms. The van der Waals surface area contributed by atoms with Gasteiger partial charge in [0.1, 0.15) is 16.3 Å². The lowest BCUT2D eigenvalue weighted by molar-refractivity contribution is 0.267. The first-order chi connectivity index (χ1) is 28.9. The Kier molecular flexibility index (Phi) is 11.2. The number of anilines is 2. The zero-order valence-electron chi connectivity index (χ0n) is 32.3. The van der Waals surface area contributed by atoms with Crippen molar-refractivity contribution in [1.29, 1.82) is 0 Å². The van der Waals surface area contributed by atoms with E-state index in [1.807, 2.05) is 101 Å². The maximum atomic E-state index is 13.7. The Morgan fingerprint density at radius 2 is 1.20 bits per heavy atom. The summed E-state index contributed by atoms with van der Waals surface area (Å²) < 4.78 is 29.3. The fourth-order valence-electron chi connectivity index (χ4n) is 7.59. The average Bonchev–Trinajstić information content (AvgIpc) is 3.78. The fraction of sp³-hybridized carbons (Fsp3) is 0.104. The molecule has 0 saturated heterocycles. The van der Waals surface area contributed by atoms with E-state index in [0.29, 0.717) is 24.6 Å². The lowest BCUT2D eigenvalue weighted by Crippen LogP contribution is -2.39. The van der Waals surface area contributed by atoms with Gasteiger partial charge in [0.05, 0.1) is 0 Å². The highest BCUT2D eigenvalue weighted by atomic mass is 32.2. The fourth-order valence-corrected chi connectivity index (χ4v) is 8.72. The normalized spacial score (nSPS) is 11.5. The third-order valence-corrected chi connectivity index (χ3v) is 11.8. The predicted molar refractivity (Wildman–Crippen MR) is 232 cm³/mol. The van der Waals surface area contributed by atoms with E-state index < -0.39 is 20.6 Å². The summed E-state index contributed by atoms with van der Waals surface area (Å²) in [7, 11) is -4.43. The number of carbonyl (C=O) groups is 1. The first kappa shape index (κ1) is 38.6. The quantitative estimate of drug-likeness (QED) is 0.115. The van der Waals surface area contributed by atoms with E-state index in [1.165, 1.54) is 12.1 Å². The molecule has 1 amide bonds. The number of nitrogens with one attached hydrogen (secondary N) is 1. The number of rotatable bonds is 13. The second-order valence-electron chi connectivity index (χ2n) is 14.0. The maximum absolute atomic E-state index is 13.7. The van der Waals surface area contributed by atoms with Crippen LogP contribution in [0, 0.1) is 0 Å². The molecule has 1 N–H and O–H groups in total. The number of hydrogen-bond donors (Lipinski definition) is 1. The standard InChI is InChI=1S/C48H41N7O3S/c1-2-34-54(46-44(28-17-33-49-46)59(57,58)47(56)50-41-24-13-6-14-25-41)35-36-29-31-37(32-30-36)42-26-15-16-27-43(42)45-51-52-53-55(45)48(38-18-7-3-8-19-38,39-20-9-4-10-21-39)40-22-11-5-12-23-40/h3-33H,2,34-35H2,1H3,(H,50,56). The summed E-state index contributed by atoms with van der Waals surface area (Å²) in [5.41, 5.74) is 6.15. The van der Waals surface area contributed by atoms with Gasteiger partial charge in [-0.2, -0.15) is 0 Å². The Balaban J connectivity index is 1.15. The van der Waals surface area contributed by atoms with E-state index in [2.05, 4.69) is 70.1 Å². The smallest absolute Gasteiger partial charge is 0.345 e. The van der Waals surface area contributed by atoms with Gasteiger partial charge in [-0.15, -0.1) is 5.10 Å². The molecule has 6 aromatic carbocycles. The number of amides is 1. The minimum absolute atomic E-state index is 0.150. The van der Waals surface area contributed by atoms with Crippen molar-refractivity contribution in [1.82, 2.24) is 25.2 Å². The van der Waals surface area contributed by atoms with Crippen molar-refractivity contribution in [3.8, 4) is 22.5 Å². The number of carbonyl (C=O) groups excluding carboxylic acids is 1. The third-order valence-electron chi connectivity index (χ3n) is 10.3. The number of para-hydroxylation sites is 1. The Bertz CT molecular complexity index is 2670. The molecule has 10 nitrogen and oxygen atoms in total. The van der Waals surface area contributed by atoms with Gasteiger partial charge in [-0.05, 0) is 74.5 Å². The van der Waals surface area contributed by atoms with Gasteiger partial charge in [0.25, 0.3) is 9.84 Å². The molecule has 8 rings (SSSR count). The van der Waals surface area contributed by atoms with Crippen LogP contribution in [0.25, 0.3) is 22.5 Å². The molecule has 0 atom stereocenters. The lowest BCUT2D eigenvalue weighted by atomic mass is 9.77. The Morgan fingerprint density at radius 3 is 1.78 bits per heavy atom. The van der Waals surface area contributed by atoms with Gasteiger partial charge in [0, 0.05) is 30.5 Å². The summed E-state index contributed by atoms with van der Waals surface area (Å²) in [5.74, 6) is 0.813. The Hall–Kier alpha value is -7.24. The molecular weight excluding hydrogens is 755 g/mol. The molecule has 2 heterocycles. The van der Waals surface area contributed by atoms with E-state index >= 15 is 0 Å². The van der Waals surface area contributed by atoms with E-state index in [0.717, 1.165) is 45.4 Å². The van der Waals surface area contributed by atoms with Crippen molar-refractivity contribution < 1.29 is 13.2 Å². The molecule has 0 aliphatic heterocycles. The second kappa shape index (κ2) is 17.1. The van der Waals surface area contributed by atoms with Crippen LogP contribution in [0.5, 0.6) is 0 Å². The van der Waals surface area contributed by atoms with Crippen molar-refractivity contribution in [2.75, 3.05) is 16.8 Å². The van der Waals surface area contributed by atoms with Gasteiger partial charge >= 0.3 is 5.24 Å². The van der Waals surface area contributed by atoms with Gasteiger partial charge in [-0.1, -0.05) is 165 Å². The van der Waals surface area contributed by atoms with Crippen LogP contribution in [-0.4, -0.2) is 45.4 Å². The second-order valence-corrected chi connectivity index (χ2v) is 15.8. The number of aromatic nitrogens is 5.